The molecule has 11 nitrogen and oxygen atoms in total. The first-order valence-electron chi connectivity index (χ1n) is 15.8. The summed E-state index contributed by atoms with van der Waals surface area (Å²) in [4.78, 5) is 20.1. The van der Waals surface area contributed by atoms with Crippen LogP contribution >= 0.6 is 0 Å². The van der Waals surface area contributed by atoms with Crippen molar-refractivity contribution in [3.05, 3.63) is 54.4 Å². The van der Waals surface area contributed by atoms with Crippen LogP contribution in [0.2, 0.25) is 0 Å². The first-order chi connectivity index (χ1) is 22.2. The second-order valence-electron chi connectivity index (χ2n) is 12.9. The number of nitrogens with one attached hydrogen (secondary N) is 1. The number of aliphatic hydroxyl groups excluding tert-OH is 1. The molecule has 4 aromatic rings. The van der Waals surface area contributed by atoms with Gasteiger partial charge in [-0.05, 0) is 56.2 Å². The van der Waals surface area contributed by atoms with Crippen molar-refractivity contribution >= 4 is 11.0 Å². The molecule has 3 aliphatic rings. The van der Waals surface area contributed by atoms with Crippen LogP contribution in [0.3, 0.4) is 0 Å². The van der Waals surface area contributed by atoms with Crippen molar-refractivity contribution in [3.8, 4) is 23.2 Å². The minimum Gasteiger partial charge on any atom is -0.474 e. The van der Waals surface area contributed by atoms with E-state index in [1.54, 1.807) is 12.3 Å². The molecule has 46 heavy (non-hydrogen) atoms. The lowest BCUT2D eigenvalue weighted by atomic mass is 9.82. The standard InChI is InChI=1S/C32H36F3N9O2/c33-32(34,35)27-13-21(16-42-11-6-24(45)7-12-42)14-28(41-27)46-25-3-1-23(2-4-25)43-18-31(19-43,8-9-36)44-17-22(15-40-44)29-26-5-10-37-30(26)39-20-38-29/h5,10,13-15,17,20,23-25,45H,1-4,6-8,11-12,16,18-19H2,(H,37,38,39). The van der Waals surface area contributed by atoms with Gasteiger partial charge in [0.15, 0.2) is 0 Å². The highest BCUT2D eigenvalue weighted by atomic mass is 19.4. The normalized spacial score (nSPS) is 22.8. The van der Waals surface area contributed by atoms with Gasteiger partial charge in [0.2, 0.25) is 5.88 Å². The van der Waals surface area contributed by atoms with Crippen molar-refractivity contribution < 1.29 is 23.0 Å². The lowest BCUT2D eigenvalue weighted by Gasteiger charge is -2.53. The summed E-state index contributed by atoms with van der Waals surface area (Å²) >= 11 is 0. The summed E-state index contributed by atoms with van der Waals surface area (Å²) in [6.45, 7) is 3.00. The number of fused-ring (bicyclic) bond motifs is 1. The van der Waals surface area contributed by atoms with E-state index >= 15 is 0 Å². The van der Waals surface area contributed by atoms with E-state index in [1.807, 2.05) is 23.1 Å². The summed E-state index contributed by atoms with van der Waals surface area (Å²) in [5.41, 5.74) is 1.53. The molecule has 0 spiro atoms. The van der Waals surface area contributed by atoms with Gasteiger partial charge in [0.05, 0.1) is 30.5 Å². The molecule has 2 N–H and O–H groups in total. The molecule has 3 fully saturated rings. The Morgan fingerprint density at radius 2 is 1.87 bits per heavy atom. The molecule has 1 saturated carbocycles. The van der Waals surface area contributed by atoms with Gasteiger partial charge in [0.1, 0.15) is 29.3 Å². The van der Waals surface area contributed by atoms with Crippen LogP contribution in [-0.4, -0.2) is 89.1 Å². The highest BCUT2D eigenvalue weighted by Crippen LogP contribution is 2.39. The smallest absolute Gasteiger partial charge is 0.433 e. The summed E-state index contributed by atoms with van der Waals surface area (Å²) in [5.74, 6) is 0.0115. The molecule has 6 heterocycles. The first-order valence-corrected chi connectivity index (χ1v) is 15.8. The summed E-state index contributed by atoms with van der Waals surface area (Å²) in [7, 11) is 0. The molecule has 4 aromatic heterocycles. The van der Waals surface area contributed by atoms with Gasteiger partial charge in [0, 0.05) is 68.2 Å². The minimum atomic E-state index is -4.57. The van der Waals surface area contributed by atoms with E-state index in [9.17, 15) is 23.5 Å². The number of rotatable bonds is 8. The number of piperidine rings is 1. The number of alkyl halides is 3. The number of aromatic nitrogens is 6. The predicted molar refractivity (Wildman–Crippen MR) is 161 cm³/mol. The number of hydrogen-bond donors (Lipinski definition) is 2. The summed E-state index contributed by atoms with van der Waals surface area (Å²) < 4.78 is 49.1. The molecule has 0 atom stereocenters. The van der Waals surface area contributed by atoms with Crippen LogP contribution < -0.4 is 4.74 Å². The van der Waals surface area contributed by atoms with Gasteiger partial charge in [-0.1, -0.05) is 0 Å². The zero-order chi connectivity index (χ0) is 31.9. The first kappa shape index (κ1) is 30.6. The van der Waals surface area contributed by atoms with Crippen LogP contribution in [0, 0.1) is 11.3 Å². The lowest BCUT2D eigenvalue weighted by molar-refractivity contribution is -0.141. The third-order valence-electron chi connectivity index (χ3n) is 9.66. The van der Waals surface area contributed by atoms with Crippen LogP contribution in [0.5, 0.6) is 5.88 Å². The van der Waals surface area contributed by atoms with Crippen LogP contribution in [0.4, 0.5) is 13.2 Å². The molecule has 14 heteroatoms. The van der Waals surface area contributed by atoms with Crippen molar-refractivity contribution in [1.82, 2.24) is 39.5 Å². The molecular formula is C32H36F3N9O2. The van der Waals surface area contributed by atoms with Crippen molar-refractivity contribution in [2.75, 3.05) is 26.2 Å². The number of aromatic amines is 1. The third kappa shape index (κ3) is 6.19. The quantitative estimate of drug-likeness (QED) is 0.287. The second-order valence-corrected chi connectivity index (χ2v) is 12.9. The number of ether oxygens (including phenoxy) is 1. The van der Waals surface area contributed by atoms with Gasteiger partial charge < -0.3 is 14.8 Å². The zero-order valence-corrected chi connectivity index (χ0v) is 25.3. The number of H-pyrrole nitrogens is 1. The van der Waals surface area contributed by atoms with E-state index in [2.05, 4.69) is 40.9 Å². The van der Waals surface area contributed by atoms with E-state index < -0.39 is 17.4 Å². The van der Waals surface area contributed by atoms with E-state index in [-0.39, 0.29) is 18.1 Å². The third-order valence-corrected chi connectivity index (χ3v) is 9.66. The molecule has 0 amide bonds. The van der Waals surface area contributed by atoms with Gasteiger partial charge in [0.25, 0.3) is 0 Å². The molecule has 1 aliphatic carbocycles. The van der Waals surface area contributed by atoms with Gasteiger partial charge in [-0.15, -0.1) is 0 Å². The van der Waals surface area contributed by atoms with Crippen LogP contribution in [0.15, 0.2) is 43.1 Å². The maximum atomic E-state index is 13.7. The number of halogens is 3. The van der Waals surface area contributed by atoms with Gasteiger partial charge in [-0.2, -0.15) is 23.5 Å². The number of pyridine rings is 1. The molecular weight excluding hydrogens is 599 g/mol. The van der Waals surface area contributed by atoms with Crippen molar-refractivity contribution in [3.63, 3.8) is 0 Å². The molecule has 2 saturated heterocycles. The van der Waals surface area contributed by atoms with Crippen LogP contribution in [0.1, 0.15) is 56.2 Å². The summed E-state index contributed by atoms with van der Waals surface area (Å²) in [5, 5.41) is 25.0. The molecule has 0 radical (unpaired) electrons. The molecule has 7 rings (SSSR count). The SMILES string of the molecule is N#CCC1(n2cc(-c3ncnc4[nH]ccc34)cn2)CN(C2CCC(Oc3cc(CN4CCC(O)CC4)cc(C(F)(F)F)n3)CC2)C1. The highest BCUT2D eigenvalue weighted by molar-refractivity contribution is 5.90. The fourth-order valence-electron chi connectivity index (χ4n) is 7.15. The van der Waals surface area contributed by atoms with E-state index in [0.29, 0.717) is 76.4 Å². The van der Waals surface area contributed by atoms with E-state index in [1.165, 1.54) is 6.33 Å². The number of likely N-dealkylation sites (tertiary alicyclic amines) is 2. The number of hydrogen-bond acceptors (Lipinski definition) is 9. The second kappa shape index (κ2) is 12.3. The lowest BCUT2D eigenvalue weighted by Crippen LogP contribution is -2.65. The molecule has 0 bridgehead atoms. The van der Waals surface area contributed by atoms with Crippen LogP contribution in [0.25, 0.3) is 22.3 Å². The Morgan fingerprint density at radius 1 is 1.09 bits per heavy atom. The minimum absolute atomic E-state index is 0.0115. The Kier molecular flexibility index (Phi) is 8.16. The zero-order valence-electron chi connectivity index (χ0n) is 25.3. The molecule has 2 aliphatic heterocycles. The summed E-state index contributed by atoms with van der Waals surface area (Å²) in [6, 6.07) is 7.30. The Labute approximate surface area is 264 Å². The van der Waals surface area contributed by atoms with Gasteiger partial charge in [-0.3, -0.25) is 14.5 Å². The van der Waals surface area contributed by atoms with Gasteiger partial charge >= 0.3 is 6.18 Å². The van der Waals surface area contributed by atoms with Crippen LogP contribution in [-0.2, 0) is 18.3 Å². The Balaban J connectivity index is 0.976. The number of nitrogens with zero attached hydrogens (tertiary/aromatic N) is 8. The highest BCUT2D eigenvalue weighted by Gasteiger charge is 2.48. The Bertz CT molecular complexity index is 1710. The number of nitriles is 1. The fourth-order valence-corrected chi connectivity index (χ4v) is 7.15. The van der Waals surface area contributed by atoms with E-state index in [0.717, 1.165) is 41.2 Å². The predicted octanol–water partition coefficient (Wildman–Crippen LogP) is 4.51. The Hall–Kier alpha value is -4.06. The average Bonchev–Trinajstić information content (AvgIpc) is 3.71. The van der Waals surface area contributed by atoms with Crippen molar-refractivity contribution in [1.29, 1.82) is 5.26 Å². The Morgan fingerprint density at radius 3 is 2.61 bits per heavy atom. The largest absolute Gasteiger partial charge is 0.474 e. The monoisotopic (exact) mass is 635 g/mol. The topological polar surface area (TPSA) is 132 Å². The fraction of sp³-hybridized carbons (Fsp3) is 0.531. The van der Waals surface area contributed by atoms with Crippen molar-refractivity contribution in [2.24, 2.45) is 0 Å². The average molecular weight is 636 g/mol. The van der Waals surface area contributed by atoms with Gasteiger partial charge in [-0.25, -0.2) is 15.0 Å². The summed E-state index contributed by atoms with van der Waals surface area (Å²) in [6.07, 6.45) is 6.58. The maximum absolute atomic E-state index is 13.7. The number of aliphatic hydroxyl groups is 1. The maximum Gasteiger partial charge on any atom is 0.433 e. The van der Waals surface area contributed by atoms with Crippen molar-refractivity contribution in [2.45, 2.75) is 81.5 Å². The van der Waals surface area contributed by atoms with E-state index in [4.69, 9.17) is 4.74 Å². The molecule has 0 aromatic carbocycles. The molecule has 242 valence electrons. The molecule has 0 unspecified atom stereocenters.